The van der Waals surface area contributed by atoms with Crippen molar-refractivity contribution in [2.75, 3.05) is 17.2 Å². The van der Waals surface area contributed by atoms with Crippen molar-refractivity contribution in [1.29, 1.82) is 0 Å². The highest BCUT2D eigenvalue weighted by atomic mass is 19.1. The molecular weight excluding hydrogens is 273 g/mol. The Morgan fingerprint density at radius 2 is 2.24 bits per heavy atom. The monoisotopic (exact) mass is 291 g/mol. The number of carbonyl (C=O) groups excluding carboxylic acids is 1. The van der Waals surface area contributed by atoms with E-state index in [-0.39, 0.29) is 11.4 Å². The molecule has 0 unspecified atom stereocenters. The van der Waals surface area contributed by atoms with E-state index in [1.807, 2.05) is 13.8 Å². The van der Waals surface area contributed by atoms with E-state index >= 15 is 0 Å². The molecule has 6 nitrogen and oxygen atoms in total. The summed E-state index contributed by atoms with van der Waals surface area (Å²) in [7, 11) is 0. The molecule has 2 aromatic heterocycles. The number of amides is 1. The van der Waals surface area contributed by atoms with Crippen LogP contribution in [0.3, 0.4) is 0 Å². The highest BCUT2D eigenvalue weighted by Crippen LogP contribution is 2.17. The number of carbonyl (C=O) groups is 1. The lowest BCUT2D eigenvalue weighted by Gasteiger charge is -2.08. The lowest BCUT2D eigenvalue weighted by molar-refractivity contribution is 0.102. The molecule has 0 aliphatic carbocycles. The van der Waals surface area contributed by atoms with Gasteiger partial charge in [-0.2, -0.15) is 5.10 Å². The SMILES string of the molecule is CCCNc1nccc(C(=O)Nc2cnn(CC)c2)c1F. The van der Waals surface area contributed by atoms with Gasteiger partial charge in [-0.05, 0) is 19.4 Å². The largest absolute Gasteiger partial charge is 0.368 e. The molecule has 7 heteroatoms. The summed E-state index contributed by atoms with van der Waals surface area (Å²) in [5.74, 6) is -1.08. The number of aromatic nitrogens is 3. The van der Waals surface area contributed by atoms with Crippen molar-refractivity contribution in [3.8, 4) is 0 Å². The molecule has 0 radical (unpaired) electrons. The van der Waals surface area contributed by atoms with E-state index in [1.54, 1.807) is 10.9 Å². The Morgan fingerprint density at radius 1 is 1.43 bits per heavy atom. The Kier molecular flexibility index (Phi) is 4.86. The smallest absolute Gasteiger partial charge is 0.258 e. The summed E-state index contributed by atoms with van der Waals surface area (Å²) in [4.78, 5) is 16.0. The summed E-state index contributed by atoms with van der Waals surface area (Å²) in [5.41, 5.74) is 0.481. The van der Waals surface area contributed by atoms with E-state index in [2.05, 4.69) is 20.7 Å². The lowest BCUT2D eigenvalue weighted by Crippen LogP contribution is -2.15. The normalized spacial score (nSPS) is 10.4. The summed E-state index contributed by atoms with van der Waals surface area (Å²) >= 11 is 0. The van der Waals surface area contributed by atoms with Crippen LogP contribution < -0.4 is 10.6 Å². The maximum Gasteiger partial charge on any atom is 0.258 e. The van der Waals surface area contributed by atoms with Crippen LogP contribution in [0, 0.1) is 5.82 Å². The fraction of sp³-hybridized carbons (Fsp3) is 0.357. The summed E-state index contributed by atoms with van der Waals surface area (Å²) < 4.78 is 15.9. The van der Waals surface area contributed by atoms with Crippen molar-refractivity contribution >= 4 is 17.4 Å². The van der Waals surface area contributed by atoms with Crippen LogP contribution in [0.2, 0.25) is 0 Å². The van der Waals surface area contributed by atoms with Crippen LogP contribution in [0.5, 0.6) is 0 Å². The Labute approximate surface area is 122 Å². The van der Waals surface area contributed by atoms with Crippen molar-refractivity contribution in [1.82, 2.24) is 14.8 Å². The van der Waals surface area contributed by atoms with Gasteiger partial charge in [0.25, 0.3) is 5.91 Å². The zero-order valence-corrected chi connectivity index (χ0v) is 12.1. The van der Waals surface area contributed by atoms with E-state index in [0.29, 0.717) is 18.8 Å². The van der Waals surface area contributed by atoms with E-state index in [9.17, 15) is 9.18 Å². The van der Waals surface area contributed by atoms with Gasteiger partial charge in [0, 0.05) is 25.5 Å². The molecular formula is C14H18FN5O. The maximum absolute atomic E-state index is 14.2. The summed E-state index contributed by atoms with van der Waals surface area (Å²) in [6.07, 6.45) is 5.46. The van der Waals surface area contributed by atoms with Crippen LogP contribution in [0.4, 0.5) is 15.9 Å². The van der Waals surface area contributed by atoms with Gasteiger partial charge in [0.1, 0.15) is 0 Å². The van der Waals surface area contributed by atoms with Crippen LogP contribution in [-0.2, 0) is 6.54 Å². The Morgan fingerprint density at radius 3 is 2.90 bits per heavy atom. The molecule has 0 aliphatic heterocycles. The average Bonchev–Trinajstić information content (AvgIpc) is 2.93. The zero-order valence-electron chi connectivity index (χ0n) is 12.1. The first-order valence-corrected chi connectivity index (χ1v) is 6.87. The standard InChI is InChI=1S/C14H18FN5O/c1-3-6-16-13-12(15)11(5-7-17-13)14(21)19-10-8-18-20(4-2)9-10/h5,7-9H,3-4,6H2,1-2H3,(H,16,17)(H,19,21). The molecule has 0 spiro atoms. The molecule has 21 heavy (non-hydrogen) atoms. The van der Waals surface area contributed by atoms with E-state index in [0.717, 1.165) is 6.42 Å². The summed E-state index contributed by atoms with van der Waals surface area (Å²) in [6, 6.07) is 1.35. The molecule has 2 N–H and O–H groups in total. The van der Waals surface area contributed by atoms with Crippen LogP contribution >= 0.6 is 0 Å². The van der Waals surface area contributed by atoms with Gasteiger partial charge in [-0.25, -0.2) is 9.37 Å². The van der Waals surface area contributed by atoms with Crippen molar-refractivity contribution in [3.05, 3.63) is 36.0 Å². The highest BCUT2D eigenvalue weighted by Gasteiger charge is 2.16. The van der Waals surface area contributed by atoms with Crippen LogP contribution in [0.15, 0.2) is 24.7 Å². The molecule has 1 amide bonds. The van der Waals surface area contributed by atoms with Gasteiger partial charge in [-0.3, -0.25) is 9.48 Å². The fourth-order valence-corrected chi connectivity index (χ4v) is 1.79. The number of rotatable bonds is 6. The molecule has 0 saturated heterocycles. The third-order valence-electron chi connectivity index (χ3n) is 2.89. The van der Waals surface area contributed by atoms with Crippen LogP contribution in [0.1, 0.15) is 30.6 Å². The first-order chi connectivity index (χ1) is 10.2. The van der Waals surface area contributed by atoms with Gasteiger partial charge in [0.15, 0.2) is 11.6 Å². The minimum atomic E-state index is -0.647. The maximum atomic E-state index is 14.2. The molecule has 0 aromatic carbocycles. The first kappa shape index (κ1) is 15.0. The number of anilines is 2. The minimum Gasteiger partial charge on any atom is -0.368 e. The zero-order chi connectivity index (χ0) is 15.2. The second-order valence-electron chi connectivity index (χ2n) is 4.49. The number of pyridine rings is 1. The van der Waals surface area contributed by atoms with Crippen molar-refractivity contribution < 1.29 is 9.18 Å². The quantitative estimate of drug-likeness (QED) is 0.858. The molecule has 112 valence electrons. The Balaban J connectivity index is 2.15. The fourth-order valence-electron chi connectivity index (χ4n) is 1.79. The van der Waals surface area contributed by atoms with Gasteiger partial charge in [0.2, 0.25) is 0 Å². The third-order valence-corrected chi connectivity index (χ3v) is 2.89. The van der Waals surface area contributed by atoms with Gasteiger partial charge < -0.3 is 10.6 Å². The second-order valence-corrected chi connectivity index (χ2v) is 4.49. The van der Waals surface area contributed by atoms with Crippen molar-refractivity contribution in [2.45, 2.75) is 26.8 Å². The third kappa shape index (κ3) is 3.56. The van der Waals surface area contributed by atoms with Crippen molar-refractivity contribution in [3.63, 3.8) is 0 Å². The number of hydrogen-bond donors (Lipinski definition) is 2. The van der Waals surface area contributed by atoms with E-state index in [4.69, 9.17) is 0 Å². The predicted octanol–water partition coefficient (Wildman–Crippen LogP) is 2.51. The summed E-state index contributed by atoms with van der Waals surface area (Å²) in [6.45, 7) is 5.20. The minimum absolute atomic E-state index is 0.0483. The Bertz CT molecular complexity index is 626. The molecule has 2 aromatic rings. The number of hydrogen-bond acceptors (Lipinski definition) is 4. The van der Waals surface area contributed by atoms with Crippen LogP contribution in [-0.4, -0.2) is 27.2 Å². The highest BCUT2D eigenvalue weighted by molar-refractivity contribution is 6.04. The number of halogens is 1. The molecule has 0 bridgehead atoms. The van der Waals surface area contributed by atoms with Gasteiger partial charge in [0.05, 0.1) is 17.4 Å². The average molecular weight is 291 g/mol. The van der Waals surface area contributed by atoms with E-state index < -0.39 is 11.7 Å². The molecule has 2 rings (SSSR count). The second kappa shape index (κ2) is 6.83. The number of nitrogens with zero attached hydrogens (tertiary/aromatic N) is 3. The topological polar surface area (TPSA) is 71.8 Å². The number of aryl methyl sites for hydroxylation is 1. The molecule has 0 fully saturated rings. The van der Waals surface area contributed by atoms with Gasteiger partial charge >= 0.3 is 0 Å². The molecule has 0 aliphatic rings. The Hall–Kier alpha value is -2.44. The molecule has 2 heterocycles. The number of nitrogens with one attached hydrogen (secondary N) is 2. The lowest BCUT2D eigenvalue weighted by atomic mass is 10.2. The van der Waals surface area contributed by atoms with Gasteiger partial charge in [-0.1, -0.05) is 6.92 Å². The predicted molar refractivity (Wildman–Crippen MR) is 78.8 cm³/mol. The van der Waals surface area contributed by atoms with Gasteiger partial charge in [-0.15, -0.1) is 0 Å². The molecule has 0 atom stereocenters. The summed E-state index contributed by atoms with van der Waals surface area (Å²) in [5, 5.41) is 9.52. The van der Waals surface area contributed by atoms with Crippen LogP contribution in [0.25, 0.3) is 0 Å². The van der Waals surface area contributed by atoms with Crippen molar-refractivity contribution in [2.24, 2.45) is 0 Å². The first-order valence-electron chi connectivity index (χ1n) is 6.87. The molecule has 0 saturated carbocycles. The van der Waals surface area contributed by atoms with E-state index in [1.165, 1.54) is 18.5 Å².